The minimum atomic E-state index is -3.62. The molecular weight excluding hydrogens is 369 g/mol. The van der Waals surface area contributed by atoms with Gasteiger partial charge in [-0.15, -0.1) is 0 Å². The highest BCUT2D eigenvalue weighted by Gasteiger charge is 2.69. The second-order valence-corrected chi connectivity index (χ2v) is 8.94. The Morgan fingerprint density at radius 3 is 2.04 bits per heavy atom. The maximum absolute atomic E-state index is 13.0. The molecule has 24 heavy (non-hydrogen) atoms. The van der Waals surface area contributed by atoms with E-state index < -0.39 is 20.6 Å². The zero-order valence-corrected chi connectivity index (χ0v) is 15.3. The minimum absolute atomic E-state index is 0.151. The first-order valence-corrected chi connectivity index (χ1v) is 9.63. The normalized spacial score (nSPS) is 26.3. The van der Waals surface area contributed by atoms with E-state index in [1.165, 1.54) is 19.2 Å². The SMILES string of the molecule is COC[C@]1(N)[C@@H](c2ccc(Cl)cc2)[C@@H]1S(=O)(=O)c1ccc(Cl)cc1. The average molecular weight is 386 g/mol. The molecule has 7 heteroatoms. The Hall–Kier alpha value is -1.11. The van der Waals surface area contributed by atoms with Crippen molar-refractivity contribution < 1.29 is 13.2 Å². The van der Waals surface area contributed by atoms with Crippen LogP contribution in [0, 0.1) is 0 Å². The molecule has 1 fully saturated rings. The van der Waals surface area contributed by atoms with Gasteiger partial charge < -0.3 is 10.5 Å². The number of ether oxygens (including phenoxy) is 1. The van der Waals surface area contributed by atoms with Crippen molar-refractivity contribution in [2.75, 3.05) is 13.7 Å². The third kappa shape index (κ3) is 2.95. The van der Waals surface area contributed by atoms with Crippen LogP contribution in [0.15, 0.2) is 53.4 Å². The number of methoxy groups -OCH3 is 1. The lowest BCUT2D eigenvalue weighted by Gasteiger charge is -2.11. The lowest BCUT2D eigenvalue weighted by atomic mass is 10.1. The van der Waals surface area contributed by atoms with Crippen molar-refractivity contribution in [2.45, 2.75) is 21.6 Å². The first-order chi connectivity index (χ1) is 11.3. The summed E-state index contributed by atoms with van der Waals surface area (Å²) in [6.45, 7) is 0.151. The van der Waals surface area contributed by atoms with Crippen LogP contribution in [0.3, 0.4) is 0 Å². The van der Waals surface area contributed by atoms with Gasteiger partial charge in [0.15, 0.2) is 9.84 Å². The summed E-state index contributed by atoms with van der Waals surface area (Å²) in [5, 5.41) is 0.313. The minimum Gasteiger partial charge on any atom is -0.383 e. The zero-order valence-electron chi connectivity index (χ0n) is 12.9. The maximum Gasteiger partial charge on any atom is 0.183 e. The van der Waals surface area contributed by atoms with E-state index in [9.17, 15) is 8.42 Å². The summed E-state index contributed by atoms with van der Waals surface area (Å²) in [4.78, 5) is 0.208. The fraction of sp³-hybridized carbons (Fsp3) is 0.294. The number of hydrogen-bond donors (Lipinski definition) is 1. The van der Waals surface area contributed by atoms with E-state index >= 15 is 0 Å². The summed E-state index contributed by atoms with van der Waals surface area (Å²) >= 11 is 11.8. The Labute approximate surface area is 151 Å². The number of rotatable bonds is 5. The summed E-state index contributed by atoms with van der Waals surface area (Å²) in [6, 6.07) is 13.2. The molecule has 0 heterocycles. The maximum atomic E-state index is 13.0. The third-order valence-corrected chi connectivity index (χ3v) is 7.22. The number of sulfone groups is 1. The second-order valence-electron chi connectivity index (χ2n) is 5.99. The second kappa shape index (κ2) is 6.32. The largest absolute Gasteiger partial charge is 0.383 e. The van der Waals surface area contributed by atoms with Gasteiger partial charge in [-0.3, -0.25) is 0 Å². The molecule has 3 atom stereocenters. The van der Waals surface area contributed by atoms with Crippen molar-refractivity contribution in [1.82, 2.24) is 0 Å². The molecule has 0 spiro atoms. The fourth-order valence-corrected chi connectivity index (χ4v) is 5.78. The Bertz CT molecular complexity index is 837. The van der Waals surface area contributed by atoms with E-state index in [0.29, 0.717) is 10.0 Å². The molecule has 4 nitrogen and oxygen atoms in total. The van der Waals surface area contributed by atoms with Crippen molar-refractivity contribution in [3.05, 3.63) is 64.1 Å². The summed E-state index contributed by atoms with van der Waals surface area (Å²) < 4.78 is 31.3. The number of halogens is 2. The number of hydrogen-bond acceptors (Lipinski definition) is 4. The van der Waals surface area contributed by atoms with Gasteiger partial charge in [0.1, 0.15) is 0 Å². The van der Waals surface area contributed by atoms with E-state index in [1.807, 2.05) is 12.1 Å². The summed E-state index contributed by atoms with van der Waals surface area (Å²) in [5.41, 5.74) is 6.27. The molecule has 0 amide bonds. The molecule has 0 radical (unpaired) electrons. The lowest BCUT2D eigenvalue weighted by molar-refractivity contribution is 0.171. The predicted molar refractivity (Wildman–Crippen MR) is 95.4 cm³/mol. The van der Waals surface area contributed by atoms with Gasteiger partial charge in [0.25, 0.3) is 0 Å². The van der Waals surface area contributed by atoms with Crippen LogP contribution < -0.4 is 5.73 Å². The molecule has 128 valence electrons. The van der Waals surface area contributed by atoms with Gasteiger partial charge in [0.05, 0.1) is 22.3 Å². The van der Waals surface area contributed by atoms with Crippen LogP contribution in [0.5, 0.6) is 0 Å². The van der Waals surface area contributed by atoms with Crippen LogP contribution in [0.1, 0.15) is 11.5 Å². The molecule has 0 aromatic heterocycles. The molecule has 1 aliphatic carbocycles. The molecule has 3 rings (SSSR count). The van der Waals surface area contributed by atoms with Crippen LogP contribution in [0.2, 0.25) is 10.0 Å². The van der Waals surface area contributed by atoms with E-state index in [1.54, 1.807) is 24.3 Å². The predicted octanol–water partition coefficient (Wildman–Crippen LogP) is 3.28. The van der Waals surface area contributed by atoms with Gasteiger partial charge in [0.2, 0.25) is 0 Å². The highest BCUT2D eigenvalue weighted by molar-refractivity contribution is 7.92. The molecule has 1 aliphatic rings. The molecule has 2 aromatic rings. The van der Waals surface area contributed by atoms with Gasteiger partial charge in [0, 0.05) is 23.1 Å². The third-order valence-electron chi connectivity index (χ3n) is 4.40. The first-order valence-electron chi connectivity index (χ1n) is 7.33. The Morgan fingerprint density at radius 2 is 1.54 bits per heavy atom. The van der Waals surface area contributed by atoms with Gasteiger partial charge in [-0.05, 0) is 42.0 Å². The van der Waals surface area contributed by atoms with Crippen molar-refractivity contribution in [1.29, 1.82) is 0 Å². The summed E-state index contributed by atoms with van der Waals surface area (Å²) in [7, 11) is -2.10. The Morgan fingerprint density at radius 1 is 1.04 bits per heavy atom. The number of nitrogens with two attached hydrogens (primary N) is 1. The highest BCUT2D eigenvalue weighted by Crippen LogP contribution is 2.55. The van der Waals surface area contributed by atoms with Gasteiger partial charge in [-0.2, -0.15) is 0 Å². The lowest BCUT2D eigenvalue weighted by Crippen LogP contribution is -2.35. The van der Waals surface area contributed by atoms with Crippen molar-refractivity contribution in [2.24, 2.45) is 5.73 Å². The van der Waals surface area contributed by atoms with E-state index in [-0.39, 0.29) is 17.4 Å². The van der Waals surface area contributed by atoms with E-state index in [2.05, 4.69) is 0 Å². The zero-order chi connectivity index (χ0) is 17.5. The van der Waals surface area contributed by atoms with Crippen LogP contribution in [-0.4, -0.2) is 32.9 Å². The Kier molecular flexibility index (Phi) is 4.66. The monoisotopic (exact) mass is 385 g/mol. The van der Waals surface area contributed by atoms with Crippen LogP contribution in [0.4, 0.5) is 0 Å². The van der Waals surface area contributed by atoms with E-state index in [4.69, 9.17) is 33.7 Å². The smallest absolute Gasteiger partial charge is 0.183 e. The number of benzene rings is 2. The van der Waals surface area contributed by atoms with Gasteiger partial charge >= 0.3 is 0 Å². The topological polar surface area (TPSA) is 69.4 Å². The Balaban J connectivity index is 2.01. The van der Waals surface area contributed by atoms with Gasteiger partial charge in [-0.1, -0.05) is 35.3 Å². The van der Waals surface area contributed by atoms with E-state index in [0.717, 1.165) is 5.56 Å². The standard InChI is InChI=1S/C17H17Cl2NO3S/c1-23-10-17(20)15(11-2-4-12(18)5-3-11)16(17)24(21,22)14-8-6-13(19)7-9-14/h2-9,15-16H,10,20H2,1H3/t15-,16-,17-/m0/s1. The quantitative estimate of drug-likeness (QED) is 0.856. The average Bonchev–Trinajstić information content (AvgIpc) is 3.15. The van der Waals surface area contributed by atoms with Gasteiger partial charge in [-0.25, -0.2) is 8.42 Å². The van der Waals surface area contributed by atoms with Crippen LogP contribution in [-0.2, 0) is 14.6 Å². The summed E-state index contributed by atoms with van der Waals surface area (Å²) in [6.07, 6.45) is 0. The van der Waals surface area contributed by atoms with Crippen molar-refractivity contribution >= 4 is 33.0 Å². The molecule has 0 aliphatic heterocycles. The molecule has 2 aromatic carbocycles. The van der Waals surface area contributed by atoms with Crippen LogP contribution >= 0.6 is 23.2 Å². The molecule has 0 bridgehead atoms. The molecular formula is C17H17Cl2NO3S. The molecule has 2 N–H and O–H groups in total. The summed E-state index contributed by atoms with van der Waals surface area (Å²) in [5.74, 6) is -0.351. The first kappa shape index (κ1) is 17.7. The van der Waals surface area contributed by atoms with Crippen molar-refractivity contribution in [3.63, 3.8) is 0 Å². The molecule has 0 saturated heterocycles. The highest BCUT2D eigenvalue weighted by atomic mass is 35.5. The fourth-order valence-electron chi connectivity index (χ4n) is 3.24. The van der Waals surface area contributed by atoms with Crippen molar-refractivity contribution in [3.8, 4) is 0 Å². The van der Waals surface area contributed by atoms with Crippen LogP contribution in [0.25, 0.3) is 0 Å². The molecule has 1 saturated carbocycles. The molecule has 0 unspecified atom stereocenters.